The molecule has 3 aromatic heterocycles. The number of anilines is 1. The zero-order valence-electron chi connectivity index (χ0n) is 25.4. The number of imidazole rings is 1. The van der Waals surface area contributed by atoms with E-state index in [1.807, 2.05) is 26.0 Å². The molecule has 22 nitrogen and oxygen atoms in total. The highest BCUT2D eigenvalue weighted by Crippen LogP contribution is 2.66. The molecule has 4 aromatic rings. The third-order valence-corrected chi connectivity index (χ3v) is 11.2. The molecule has 7 atom stereocenters. The SMILES string of the molecule is CCN(CC)c1ccc2c(Cn3cnc4c(ncn4[C@@H]4O[C@H](C(O)OP(=O)(O)OP(=O)(O)OP(=O)(O)O)[C@@H](O)[C@H]4O)c3=N)cc(=O)oc2c1. The third kappa shape index (κ3) is 8.09. The van der Waals surface area contributed by atoms with Crippen LogP contribution in [0, 0.1) is 5.41 Å². The number of phosphoric acid groups is 3. The number of benzene rings is 1. The van der Waals surface area contributed by atoms with Crippen molar-refractivity contribution in [2.45, 2.75) is 51.2 Å². The van der Waals surface area contributed by atoms with Gasteiger partial charge in [-0.25, -0.2) is 28.5 Å². The molecule has 4 heterocycles. The number of hydrogen-bond acceptors (Lipinski definition) is 16. The van der Waals surface area contributed by atoms with Crippen LogP contribution in [0.5, 0.6) is 0 Å². The second-order valence-electron chi connectivity index (χ2n) is 10.5. The van der Waals surface area contributed by atoms with Gasteiger partial charge in [0, 0.05) is 36.3 Å². The van der Waals surface area contributed by atoms with Crippen molar-refractivity contribution in [3.05, 3.63) is 58.4 Å². The fraction of sp³-hybridized carbons (Fsp3) is 0.417. The van der Waals surface area contributed by atoms with Crippen molar-refractivity contribution in [2.75, 3.05) is 18.0 Å². The van der Waals surface area contributed by atoms with Crippen molar-refractivity contribution >= 4 is 51.3 Å². The second-order valence-corrected chi connectivity index (χ2v) is 14.9. The molecule has 5 rings (SSSR count). The Hall–Kier alpha value is -3.17. The summed E-state index contributed by atoms with van der Waals surface area (Å²) < 4.78 is 59.3. The third-order valence-electron chi connectivity index (χ3n) is 7.37. The topological polar surface area (TPSA) is 323 Å². The quantitative estimate of drug-likeness (QED) is 0.0506. The van der Waals surface area contributed by atoms with Crippen molar-refractivity contribution in [1.82, 2.24) is 19.1 Å². The van der Waals surface area contributed by atoms with Crippen molar-refractivity contribution < 1.29 is 70.9 Å². The highest BCUT2D eigenvalue weighted by Gasteiger charge is 2.51. The van der Waals surface area contributed by atoms with E-state index in [9.17, 15) is 43.6 Å². The van der Waals surface area contributed by atoms with Gasteiger partial charge in [0.25, 0.3) is 0 Å². The average molecular weight is 752 g/mol. The van der Waals surface area contributed by atoms with Gasteiger partial charge in [-0.15, -0.1) is 0 Å². The van der Waals surface area contributed by atoms with Gasteiger partial charge in [-0.05, 0) is 31.5 Å². The maximum Gasteiger partial charge on any atom is 0.490 e. The number of aliphatic hydroxyl groups is 3. The van der Waals surface area contributed by atoms with Gasteiger partial charge in [0.2, 0.25) is 0 Å². The van der Waals surface area contributed by atoms with E-state index >= 15 is 0 Å². The van der Waals surface area contributed by atoms with Gasteiger partial charge in [-0.1, -0.05) is 0 Å². The maximum atomic E-state index is 12.4. The smallest absolute Gasteiger partial charge is 0.423 e. The molecule has 268 valence electrons. The number of aliphatic hydroxyl groups excluding tert-OH is 3. The van der Waals surface area contributed by atoms with Gasteiger partial charge < -0.3 is 53.5 Å². The molecule has 25 heteroatoms. The summed E-state index contributed by atoms with van der Waals surface area (Å²) in [4.78, 5) is 59.3. The predicted octanol–water partition coefficient (Wildman–Crippen LogP) is -0.00593. The van der Waals surface area contributed by atoms with E-state index in [1.165, 1.54) is 17.0 Å². The van der Waals surface area contributed by atoms with E-state index in [1.54, 1.807) is 6.07 Å². The van der Waals surface area contributed by atoms with Crippen LogP contribution in [0.25, 0.3) is 22.1 Å². The lowest BCUT2D eigenvalue weighted by molar-refractivity contribution is -0.160. The van der Waals surface area contributed by atoms with Crippen LogP contribution in [-0.4, -0.2) is 91.7 Å². The van der Waals surface area contributed by atoms with Gasteiger partial charge in [0.1, 0.15) is 29.4 Å². The van der Waals surface area contributed by atoms with Gasteiger partial charge in [0.05, 0.1) is 19.2 Å². The van der Waals surface area contributed by atoms with Crippen LogP contribution >= 0.6 is 23.5 Å². The molecule has 49 heavy (non-hydrogen) atoms. The lowest BCUT2D eigenvalue weighted by Crippen LogP contribution is -2.39. The number of rotatable bonds is 13. The van der Waals surface area contributed by atoms with Crippen LogP contribution in [0.1, 0.15) is 25.6 Å². The Balaban J connectivity index is 1.37. The fourth-order valence-electron chi connectivity index (χ4n) is 5.24. The first-order valence-electron chi connectivity index (χ1n) is 14.1. The first kappa shape index (κ1) is 37.1. The zero-order chi connectivity index (χ0) is 36.1. The molecule has 1 aliphatic heterocycles. The fourth-order valence-corrected chi connectivity index (χ4v) is 8.29. The predicted molar refractivity (Wildman–Crippen MR) is 163 cm³/mol. The molecule has 1 aromatic carbocycles. The van der Waals surface area contributed by atoms with Crippen LogP contribution in [0.15, 0.2) is 46.1 Å². The Morgan fingerprint density at radius 3 is 2.35 bits per heavy atom. The van der Waals surface area contributed by atoms with Crippen LogP contribution in [0.4, 0.5) is 5.69 Å². The van der Waals surface area contributed by atoms with Crippen LogP contribution < -0.4 is 16.0 Å². The zero-order valence-corrected chi connectivity index (χ0v) is 28.0. The van der Waals surface area contributed by atoms with E-state index in [0.29, 0.717) is 16.5 Å². The van der Waals surface area contributed by atoms with Crippen LogP contribution in [0.2, 0.25) is 0 Å². The molecular weight excluding hydrogens is 721 g/mol. The Morgan fingerprint density at radius 2 is 1.69 bits per heavy atom. The van der Waals surface area contributed by atoms with Gasteiger partial charge in [-0.2, -0.15) is 8.62 Å². The summed E-state index contributed by atoms with van der Waals surface area (Å²) in [6.45, 7) is 5.50. The number of ether oxygens (including phenoxy) is 1. The molecule has 8 N–H and O–H groups in total. The van der Waals surface area contributed by atoms with E-state index in [4.69, 9.17) is 24.4 Å². The summed E-state index contributed by atoms with van der Waals surface area (Å²) in [7, 11) is -17.4. The van der Waals surface area contributed by atoms with Crippen molar-refractivity contribution in [2.24, 2.45) is 0 Å². The monoisotopic (exact) mass is 752 g/mol. The Morgan fingerprint density at radius 1 is 1.00 bits per heavy atom. The van der Waals surface area contributed by atoms with Gasteiger partial charge >= 0.3 is 29.1 Å². The molecule has 0 amide bonds. The van der Waals surface area contributed by atoms with E-state index in [0.717, 1.165) is 29.7 Å². The van der Waals surface area contributed by atoms with Gasteiger partial charge in [0.15, 0.2) is 23.7 Å². The largest absolute Gasteiger partial charge is 0.490 e. The number of nitrogens with one attached hydrogen (secondary N) is 1. The molecule has 0 spiro atoms. The number of nitrogens with zero attached hydrogens (tertiary/aromatic N) is 5. The van der Waals surface area contributed by atoms with Gasteiger partial charge in [-0.3, -0.25) is 14.5 Å². The minimum absolute atomic E-state index is 0.0114. The molecule has 1 aliphatic rings. The highest BCUT2D eigenvalue weighted by molar-refractivity contribution is 7.66. The number of fused-ring (bicyclic) bond motifs is 2. The number of hydrogen-bond donors (Lipinski definition) is 8. The normalized spacial score (nSPS) is 23.0. The van der Waals surface area contributed by atoms with Crippen LogP contribution in [0.3, 0.4) is 0 Å². The summed E-state index contributed by atoms with van der Waals surface area (Å²) in [5.41, 5.74) is 0.922. The summed E-state index contributed by atoms with van der Waals surface area (Å²) in [5.74, 6) is 0. The molecule has 0 bridgehead atoms. The van der Waals surface area contributed by atoms with Crippen molar-refractivity contribution in [1.29, 1.82) is 5.41 Å². The molecule has 0 aliphatic carbocycles. The van der Waals surface area contributed by atoms with E-state index < -0.39 is 59.9 Å². The Labute approximate surface area is 274 Å². The summed E-state index contributed by atoms with van der Waals surface area (Å²) in [6.07, 6.45) is -7.80. The number of phosphoric ester groups is 1. The molecule has 0 saturated carbocycles. The minimum Gasteiger partial charge on any atom is -0.423 e. The van der Waals surface area contributed by atoms with Crippen molar-refractivity contribution in [3.8, 4) is 0 Å². The first-order chi connectivity index (χ1) is 22.8. The molecule has 1 fully saturated rings. The van der Waals surface area contributed by atoms with Crippen molar-refractivity contribution in [3.63, 3.8) is 0 Å². The average Bonchev–Trinajstić information content (AvgIpc) is 3.53. The number of aromatic nitrogens is 4. The summed E-state index contributed by atoms with van der Waals surface area (Å²) >= 11 is 0. The summed E-state index contributed by atoms with van der Waals surface area (Å²) in [5, 5.41) is 40.9. The lowest BCUT2D eigenvalue weighted by Gasteiger charge is -2.23. The standard InChI is InChI=1S/C24H31N6O16P3/c1-3-28(4-2)13-5-6-14-12(7-16(31)42-15(14)8-13)9-29-10-27-22-17(21(29)25)26-11-30(22)23-19(33)18(32)20(43-23)24(34)44-48(38,39)46-49(40,41)45-47(35,36)37/h5-8,10-11,18-20,23-25,32-34H,3-4,9H2,1-2H3,(H,38,39)(H,40,41)(H2,35,36,37)/t18-,19+,20-,23+,24?/m0/s1. The molecular formula is C24H31N6O16P3. The summed E-state index contributed by atoms with van der Waals surface area (Å²) in [6, 6.07) is 6.76. The Bertz CT molecular complexity index is 2130. The second kappa shape index (κ2) is 13.9. The van der Waals surface area contributed by atoms with E-state index in [2.05, 4.69) is 28.0 Å². The molecule has 0 radical (unpaired) electrons. The highest BCUT2D eigenvalue weighted by atomic mass is 31.3. The minimum atomic E-state index is -5.91. The maximum absolute atomic E-state index is 12.4. The Kier molecular flexibility index (Phi) is 10.5. The van der Waals surface area contributed by atoms with Crippen LogP contribution in [-0.2, 0) is 38.1 Å². The molecule has 1 saturated heterocycles. The lowest BCUT2D eigenvalue weighted by atomic mass is 10.1. The van der Waals surface area contributed by atoms with E-state index in [-0.39, 0.29) is 23.2 Å². The first-order valence-corrected chi connectivity index (χ1v) is 18.7. The molecule has 3 unspecified atom stereocenters.